The number of unbranched alkanes of at least 4 members (excludes halogenated alkanes) is 2. The topological polar surface area (TPSA) is 87.7 Å². The van der Waals surface area contributed by atoms with E-state index in [2.05, 4.69) is 17.6 Å². The summed E-state index contributed by atoms with van der Waals surface area (Å²) in [5, 5.41) is 5.78. The Hall–Kier alpha value is -1.80. The van der Waals surface area contributed by atoms with Gasteiger partial charge in [0.2, 0.25) is 10.0 Å². The number of ether oxygens (including phenoxy) is 1. The monoisotopic (exact) mass is 383 g/mol. The lowest BCUT2D eigenvalue weighted by Crippen LogP contribution is -2.49. The molecule has 0 bridgehead atoms. The molecule has 2 N–H and O–H groups in total. The first kappa shape index (κ1) is 20.5. The molecule has 1 heterocycles. The van der Waals surface area contributed by atoms with Gasteiger partial charge in [-0.15, -0.1) is 0 Å². The van der Waals surface area contributed by atoms with Crippen LogP contribution in [0.25, 0.3) is 0 Å². The number of rotatable bonds is 8. The minimum atomic E-state index is -3.51. The first-order chi connectivity index (χ1) is 12.5. The smallest absolute Gasteiger partial charge is 0.315 e. The molecule has 2 rings (SSSR count). The second-order valence-electron chi connectivity index (χ2n) is 6.46. The molecule has 7 nitrogen and oxygen atoms in total. The standard InChI is InChI=1S/C18H29N3O4S/c1-3-4-5-12-19-18(22)20-15-10-13-21(14-11-15)26(23,24)17-8-6-16(25-2)7-9-17/h6-9,15H,3-5,10-14H2,1-2H3,(H2,19,20,22). The molecule has 1 aliphatic rings. The number of piperidine rings is 1. The average Bonchev–Trinajstić information content (AvgIpc) is 2.66. The van der Waals surface area contributed by atoms with Gasteiger partial charge in [0.25, 0.3) is 0 Å². The highest BCUT2D eigenvalue weighted by atomic mass is 32.2. The van der Waals surface area contributed by atoms with E-state index in [9.17, 15) is 13.2 Å². The molecule has 0 spiro atoms. The van der Waals surface area contributed by atoms with Gasteiger partial charge in [-0.05, 0) is 43.5 Å². The molecule has 1 aromatic rings. The summed E-state index contributed by atoms with van der Waals surface area (Å²) >= 11 is 0. The molecular formula is C18H29N3O4S. The van der Waals surface area contributed by atoms with Crippen LogP contribution in [-0.4, -0.2) is 51.5 Å². The van der Waals surface area contributed by atoms with Crippen LogP contribution in [0.3, 0.4) is 0 Å². The van der Waals surface area contributed by atoms with Crippen molar-refractivity contribution in [2.45, 2.75) is 50.0 Å². The molecule has 1 saturated heterocycles. The molecule has 0 aliphatic carbocycles. The maximum Gasteiger partial charge on any atom is 0.315 e. The Bertz CT molecular complexity index is 668. The van der Waals surface area contributed by atoms with Crippen molar-refractivity contribution in [3.63, 3.8) is 0 Å². The molecule has 0 atom stereocenters. The van der Waals surface area contributed by atoms with E-state index < -0.39 is 10.0 Å². The van der Waals surface area contributed by atoms with Gasteiger partial charge in [-0.2, -0.15) is 4.31 Å². The molecule has 2 amide bonds. The van der Waals surface area contributed by atoms with Gasteiger partial charge in [-0.1, -0.05) is 19.8 Å². The molecule has 26 heavy (non-hydrogen) atoms. The average molecular weight is 384 g/mol. The third-order valence-corrected chi connectivity index (χ3v) is 6.47. The lowest BCUT2D eigenvalue weighted by Gasteiger charge is -2.31. The van der Waals surface area contributed by atoms with Crippen molar-refractivity contribution in [2.75, 3.05) is 26.7 Å². The fraction of sp³-hybridized carbons (Fsp3) is 0.611. The molecule has 8 heteroatoms. The minimum absolute atomic E-state index is 0.00323. The Morgan fingerprint density at radius 3 is 2.42 bits per heavy atom. The van der Waals surface area contributed by atoms with E-state index in [0.29, 0.717) is 38.2 Å². The van der Waals surface area contributed by atoms with Crippen LogP contribution >= 0.6 is 0 Å². The summed E-state index contributed by atoms with van der Waals surface area (Å²) in [7, 11) is -1.97. The number of carbonyl (C=O) groups excluding carboxylic acids is 1. The number of benzene rings is 1. The van der Waals surface area contributed by atoms with E-state index in [0.717, 1.165) is 19.3 Å². The van der Waals surface area contributed by atoms with Crippen molar-refractivity contribution in [1.29, 1.82) is 0 Å². The number of urea groups is 1. The molecule has 146 valence electrons. The zero-order valence-electron chi connectivity index (χ0n) is 15.5. The molecule has 1 aliphatic heterocycles. The Morgan fingerprint density at radius 1 is 1.19 bits per heavy atom. The zero-order valence-corrected chi connectivity index (χ0v) is 16.3. The van der Waals surface area contributed by atoms with Gasteiger partial charge in [0.05, 0.1) is 12.0 Å². The van der Waals surface area contributed by atoms with E-state index in [1.807, 2.05) is 0 Å². The second kappa shape index (κ2) is 9.78. The van der Waals surface area contributed by atoms with Crippen molar-refractivity contribution >= 4 is 16.1 Å². The van der Waals surface area contributed by atoms with Crippen LogP contribution in [0.1, 0.15) is 39.0 Å². The number of nitrogens with one attached hydrogen (secondary N) is 2. The van der Waals surface area contributed by atoms with E-state index in [-0.39, 0.29) is 17.0 Å². The first-order valence-electron chi connectivity index (χ1n) is 9.16. The van der Waals surface area contributed by atoms with Crippen molar-refractivity contribution in [3.8, 4) is 5.75 Å². The first-order valence-corrected chi connectivity index (χ1v) is 10.6. The van der Waals surface area contributed by atoms with Gasteiger partial charge in [-0.25, -0.2) is 13.2 Å². The Kier molecular flexibility index (Phi) is 7.71. The summed E-state index contributed by atoms with van der Waals surface area (Å²) in [6.45, 7) is 3.59. The van der Waals surface area contributed by atoms with E-state index >= 15 is 0 Å². The molecule has 0 unspecified atom stereocenters. The van der Waals surface area contributed by atoms with Gasteiger partial charge in [-0.3, -0.25) is 0 Å². The predicted molar refractivity (Wildman–Crippen MR) is 101 cm³/mol. The van der Waals surface area contributed by atoms with Crippen LogP contribution < -0.4 is 15.4 Å². The largest absolute Gasteiger partial charge is 0.497 e. The molecule has 0 saturated carbocycles. The Morgan fingerprint density at radius 2 is 1.85 bits per heavy atom. The van der Waals surface area contributed by atoms with Crippen LogP contribution in [0.4, 0.5) is 4.79 Å². The Labute approximate surface area is 156 Å². The highest BCUT2D eigenvalue weighted by Gasteiger charge is 2.29. The summed E-state index contributed by atoms with van der Waals surface area (Å²) in [5.74, 6) is 0.622. The van der Waals surface area contributed by atoms with E-state index in [4.69, 9.17) is 4.74 Å². The molecule has 0 radical (unpaired) electrons. The summed E-state index contributed by atoms with van der Waals surface area (Å²) < 4.78 is 32.0. The molecule has 1 aromatic carbocycles. The van der Waals surface area contributed by atoms with Crippen molar-refractivity contribution in [3.05, 3.63) is 24.3 Å². The lowest BCUT2D eigenvalue weighted by atomic mass is 10.1. The molecule has 0 aromatic heterocycles. The third kappa shape index (κ3) is 5.60. The second-order valence-corrected chi connectivity index (χ2v) is 8.40. The van der Waals surface area contributed by atoms with Crippen LogP contribution in [0, 0.1) is 0 Å². The fourth-order valence-corrected chi connectivity index (χ4v) is 4.42. The van der Waals surface area contributed by atoms with Crippen LogP contribution in [0.5, 0.6) is 5.75 Å². The predicted octanol–water partition coefficient (Wildman–Crippen LogP) is 2.34. The Balaban J connectivity index is 1.82. The van der Waals surface area contributed by atoms with Crippen molar-refractivity contribution in [2.24, 2.45) is 0 Å². The summed E-state index contributed by atoms with van der Waals surface area (Å²) in [6.07, 6.45) is 4.41. The maximum atomic E-state index is 12.7. The SMILES string of the molecule is CCCCCNC(=O)NC1CCN(S(=O)(=O)c2ccc(OC)cc2)CC1. The summed E-state index contributed by atoms with van der Waals surface area (Å²) in [6, 6.07) is 6.24. The highest BCUT2D eigenvalue weighted by molar-refractivity contribution is 7.89. The van der Waals surface area contributed by atoms with Crippen LogP contribution in [-0.2, 0) is 10.0 Å². The highest BCUT2D eigenvalue weighted by Crippen LogP contribution is 2.22. The van der Waals surface area contributed by atoms with Gasteiger partial charge < -0.3 is 15.4 Å². The molecular weight excluding hydrogens is 354 g/mol. The van der Waals surface area contributed by atoms with Gasteiger partial charge in [0.1, 0.15) is 5.75 Å². The number of sulfonamides is 1. The van der Waals surface area contributed by atoms with Crippen LogP contribution in [0.15, 0.2) is 29.2 Å². The maximum absolute atomic E-state index is 12.7. The lowest BCUT2D eigenvalue weighted by molar-refractivity contribution is 0.227. The normalized spacial score (nSPS) is 16.2. The van der Waals surface area contributed by atoms with Crippen LogP contribution in [0.2, 0.25) is 0 Å². The number of methoxy groups -OCH3 is 1. The van der Waals surface area contributed by atoms with Crippen molar-refractivity contribution < 1.29 is 17.9 Å². The van der Waals surface area contributed by atoms with Gasteiger partial charge in [0.15, 0.2) is 0 Å². The van der Waals surface area contributed by atoms with E-state index in [1.165, 1.54) is 4.31 Å². The quantitative estimate of drug-likeness (QED) is 0.675. The number of amides is 2. The number of hydrogen-bond donors (Lipinski definition) is 2. The third-order valence-electron chi connectivity index (χ3n) is 4.55. The number of hydrogen-bond acceptors (Lipinski definition) is 4. The number of nitrogens with zero attached hydrogens (tertiary/aromatic N) is 1. The van der Waals surface area contributed by atoms with Crippen molar-refractivity contribution in [1.82, 2.24) is 14.9 Å². The summed E-state index contributed by atoms with van der Waals surface area (Å²) in [5.41, 5.74) is 0. The van der Waals surface area contributed by atoms with E-state index in [1.54, 1.807) is 31.4 Å². The minimum Gasteiger partial charge on any atom is -0.497 e. The molecule has 1 fully saturated rings. The number of carbonyl (C=O) groups is 1. The van der Waals surface area contributed by atoms with Gasteiger partial charge in [0, 0.05) is 25.7 Å². The zero-order chi connectivity index (χ0) is 19.0. The summed E-state index contributed by atoms with van der Waals surface area (Å²) in [4.78, 5) is 12.1. The van der Waals surface area contributed by atoms with Gasteiger partial charge >= 0.3 is 6.03 Å². The fourth-order valence-electron chi connectivity index (χ4n) is 2.95.